The molecule has 0 aliphatic heterocycles. The molecule has 0 spiro atoms. The molecular weight excluding hydrogens is 254 g/mol. The van der Waals surface area contributed by atoms with Gasteiger partial charge in [-0.15, -0.1) is 10.2 Å². The topological polar surface area (TPSA) is 68.2 Å². The highest BCUT2D eigenvalue weighted by Gasteiger charge is 2.10. The van der Waals surface area contributed by atoms with Crippen LogP contribution < -0.4 is 5.32 Å². The van der Waals surface area contributed by atoms with Crippen LogP contribution in [0.2, 0.25) is 0 Å². The van der Waals surface area contributed by atoms with E-state index < -0.39 is 0 Å². The lowest BCUT2D eigenvalue weighted by Gasteiger charge is -2.13. The first-order chi connectivity index (χ1) is 9.74. The molecule has 104 valence electrons. The molecule has 3 aromatic heterocycles. The maximum atomic E-state index is 5.34. The van der Waals surface area contributed by atoms with Gasteiger partial charge in [0.05, 0.1) is 6.26 Å². The number of aryl methyl sites for hydroxylation is 2. The maximum Gasteiger partial charge on any atom is 0.203 e. The van der Waals surface area contributed by atoms with Gasteiger partial charge >= 0.3 is 0 Å². The summed E-state index contributed by atoms with van der Waals surface area (Å²) in [4.78, 5) is 4.35. The molecule has 3 rings (SSSR count). The van der Waals surface area contributed by atoms with E-state index in [9.17, 15) is 0 Å². The minimum atomic E-state index is 0.274. The predicted molar refractivity (Wildman–Crippen MR) is 75.6 cm³/mol. The Labute approximate surface area is 116 Å². The van der Waals surface area contributed by atoms with E-state index in [0.29, 0.717) is 0 Å². The SMILES string of the molecule is Cc1nnc2c(NC(C)CCc3ccco3)nccn12. The van der Waals surface area contributed by atoms with Crippen molar-refractivity contribution in [3.63, 3.8) is 0 Å². The summed E-state index contributed by atoms with van der Waals surface area (Å²) in [5.41, 5.74) is 0.759. The molecule has 6 heteroatoms. The molecule has 0 amide bonds. The Hall–Kier alpha value is -2.37. The zero-order valence-corrected chi connectivity index (χ0v) is 11.6. The molecule has 0 aromatic carbocycles. The van der Waals surface area contributed by atoms with Crippen LogP contribution in [0.15, 0.2) is 35.2 Å². The Morgan fingerprint density at radius 3 is 3.10 bits per heavy atom. The minimum absolute atomic E-state index is 0.274. The molecule has 20 heavy (non-hydrogen) atoms. The largest absolute Gasteiger partial charge is 0.469 e. The lowest BCUT2D eigenvalue weighted by Crippen LogP contribution is -2.17. The average molecular weight is 271 g/mol. The third-order valence-electron chi connectivity index (χ3n) is 3.28. The molecular formula is C14H17N5O. The number of rotatable bonds is 5. The highest BCUT2D eigenvalue weighted by Crippen LogP contribution is 2.15. The second-order valence-electron chi connectivity index (χ2n) is 4.88. The monoisotopic (exact) mass is 271 g/mol. The fourth-order valence-electron chi connectivity index (χ4n) is 2.16. The van der Waals surface area contributed by atoms with Crippen LogP contribution in [0.4, 0.5) is 5.82 Å². The van der Waals surface area contributed by atoms with Gasteiger partial charge in [0, 0.05) is 24.9 Å². The average Bonchev–Trinajstić information content (AvgIpc) is 3.08. The van der Waals surface area contributed by atoms with E-state index in [0.717, 1.165) is 35.9 Å². The summed E-state index contributed by atoms with van der Waals surface area (Å²) in [7, 11) is 0. The number of furan rings is 1. The van der Waals surface area contributed by atoms with Crippen molar-refractivity contribution in [1.29, 1.82) is 0 Å². The molecule has 0 saturated carbocycles. The first-order valence-corrected chi connectivity index (χ1v) is 6.69. The standard InChI is InChI=1S/C14H17N5O/c1-10(5-6-12-4-3-9-20-12)16-13-14-18-17-11(2)19(14)8-7-15-13/h3-4,7-10H,5-6H2,1-2H3,(H,15,16). The van der Waals surface area contributed by atoms with Crippen molar-refractivity contribution in [2.24, 2.45) is 0 Å². The second-order valence-corrected chi connectivity index (χ2v) is 4.88. The van der Waals surface area contributed by atoms with Gasteiger partial charge in [-0.25, -0.2) is 4.98 Å². The minimum Gasteiger partial charge on any atom is -0.469 e. The molecule has 0 fully saturated rings. The van der Waals surface area contributed by atoms with Crippen molar-refractivity contribution in [3.05, 3.63) is 42.4 Å². The van der Waals surface area contributed by atoms with Crippen LogP contribution in [-0.4, -0.2) is 25.6 Å². The Kier molecular flexibility index (Phi) is 3.37. The first-order valence-electron chi connectivity index (χ1n) is 6.69. The van der Waals surface area contributed by atoms with Crippen molar-refractivity contribution >= 4 is 11.5 Å². The molecule has 0 aliphatic carbocycles. The lowest BCUT2D eigenvalue weighted by molar-refractivity contribution is 0.495. The third-order valence-corrected chi connectivity index (χ3v) is 3.28. The number of hydrogen-bond acceptors (Lipinski definition) is 5. The number of hydrogen-bond donors (Lipinski definition) is 1. The summed E-state index contributed by atoms with van der Waals surface area (Å²) in [6, 6.07) is 4.18. The number of nitrogens with one attached hydrogen (secondary N) is 1. The Balaban J connectivity index is 1.69. The lowest BCUT2D eigenvalue weighted by atomic mass is 10.1. The Bertz CT molecular complexity index is 689. The van der Waals surface area contributed by atoms with E-state index in [2.05, 4.69) is 27.4 Å². The van der Waals surface area contributed by atoms with Crippen LogP contribution in [-0.2, 0) is 6.42 Å². The summed E-state index contributed by atoms with van der Waals surface area (Å²) in [5.74, 6) is 2.62. The van der Waals surface area contributed by atoms with Crippen LogP contribution >= 0.6 is 0 Å². The normalized spacial score (nSPS) is 12.7. The van der Waals surface area contributed by atoms with Crippen molar-refractivity contribution in [1.82, 2.24) is 19.6 Å². The van der Waals surface area contributed by atoms with Crippen LogP contribution in [0.1, 0.15) is 24.9 Å². The molecule has 0 bridgehead atoms. The predicted octanol–water partition coefficient (Wildman–Crippen LogP) is 2.46. The van der Waals surface area contributed by atoms with E-state index in [4.69, 9.17) is 4.42 Å². The van der Waals surface area contributed by atoms with Gasteiger partial charge < -0.3 is 9.73 Å². The van der Waals surface area contributed by atoms with Crippen LogP contribution in [0.25, 0.3) is 5.65 Å². The van der Waals surface area contributed by atoms with Gasteiger partial charge in [0.25, 0.3) is 0 Å². The van der Waals surface area contributed by atoms with E-state index in [1.54, 1.807) is 12.5 Å². The van der Waals surface area contributed by atoms with Crippen LogP contribution in [0, 0.1) is 6.92 Å². The van der Waals surface area contributed by atoms with E-state index in [1.807, 2.05) is 29.7 Å². The molecule has 1 N–H and O–H groups in total. The van der Waals surface area contributed by atoms with Gasteiger partial charge in [-0.1, -0.05) is 0 Å². The summed E-state index contributed by atoms with van der Waals surface area (Å²) in [6.07, 6.45) is 7.18. The number of nitrogens with zero attached hydrogens (tertiary/aromatic N) is 4. The Morgan fingerprint density at radius 1 is 1.40 bits per heavy atom. The van der Waals surface area contributed by atoms with Gasteiger partial charge in [-0.3, -0.25) is 4.40 Å². The smallest absolute Gasteiger partial charge is 0.203 e. The van der Waals surface area contributed by atoms with Gasteiger partial charge in [-0.2, -0.15) is 0 Å². The van der Waals surface area contributed by atoms with E-state index in [-0.39, 0.29) is 6.04 Å². The van der Waals surface area contributed by atoms with E-state index in [1.165, 1.54) is 0 Å². The maximum absolute atomic E-state index is 5.34. The molecule has 0 saturated heterocycles. The van der Waals surface area contributed by atoms with Gasteiger partial charge in [0.15, 0.2) is 5.82 Å². The van der Waals surface area contributed by atoms with Crippen LogP contribution in [0.3, 0.4) is 0 Å². The highest BCUT2D eigenvalue weighted by atomic mass is 16.3. The van der Waals surface area contributed by atoms with E-state index >= 15 is 0 Å². The van der Waals surface area contributed by atoms with Gasteiger partial charge in [-0.05, 0) is 32.4 Å². The van der Waals surface area contributed by atoms with Crippen molar-refractivity contribution in [3.8, 4) is 0 Å². The third kappa shape index (κ3) is 2.49. The van der Waals surface area contributed by atoms with Gasteiger partial charge in [0.1, 0.15) is 11.6 Å². The molecule has 3 heterocycles. The summed E-state index contributed by atoms with van der Waals surface area (Å²) >= 11 is 0. The fourth-order valence-corrected chi connectivity index (χ4v) is 2.16. The number of anilines is 1. The molecule has 3 aromatic rings. The summed E-state index contributed by atoms with van der Waals surface area (Å²) < 4.78 is 7.26. The zero-order valence-electron chi connectivity index (χ0n) is 11.6. The highest BCUT2D eigenvalue weighted by molar-refractivity contribution is 5.62. The van der Waals surface area contributed by atoms with Crippen molar-refractivity contribution < 1.29 is 4.42 Å². The van der Waals surface area contributed by atoms with Crippen LogP contribution in [0.5, 0.6) is 0 Å². The first kappa shape index (κ1) is 12.7. The quantitative estimate of drug-likeness (QED) is 0.772. The summed E-state index contributed by atoms with van der Waals surface area (Å²) in [5, 5.41) is 11.6. The molecule has 1 unspecified atom stereocenters. The number of aromatic nitrogens is 4. The molecule has 1 atom stereocenters. The molecule has 0 aliphatic rings. The summed E-state index contributed by atoms with van der Waals surface area (Å²) in [6.45, 7) is 4.04. The van der Waals surface area contributed by atoms with Crippen molar-refractivity contribution in [2.45, 2.75) is 32.7 Å². The number of fused-ring (bicyclic) bond motifs is 1. The molecule has 0 radical (unpaired) electrons. The Morgan fingerprint density at radius 2 is 2.30 bits per heavy atom. The second kappa shape index (κ2) is 5.32. The zero-order chi connectivity index (χ0) is 13.9. The fraction of sp³-hybridized carbons (Fsp3) is 0.357. The molecule has 6 nitrogen and oxygen atoms in total. The van der Waals surface area contributed by atoms with Gasteiger partial charge in [0.2, 0.25) is 5.65 Å². The van der Waals surface area contributed by atoms with Crippen molar-refractivity contribution in [2.75, 3.05) is 5.32 Å².